The molecule has 1 amide bonds. The first-order chi connectivity index (χ1) is 11.5. The molecule has 24 heavy (non-hydrogen) atoms. The number of ether oxygens (including phenoxy) is 1. The number of aryl methyl sites for hydroxylation is 1. The predicted molar refractivity (Wildman–Crippen MR) is 93.7 cm³/mol. The molecule has 0 fully saturated rings. The van der Waals surface area contributed by atoms with Gasteiger partial charge in [0.15, 0.2) is 0 Å². The lowest BCUT2D eigenvalue weighted by atomic mass is 10.1. The van der Waals surface area contributed by atoms with E-state index >= 15 is 0 Å². The van der Waals surface area contributed by atoms with E-state index in [1.54, 1.807) is 36.4 Å². The average molecular weight is 347 g/mol. The van der Waals surface area contributed by atoms with Crippen molar-refractivity contribution in [3.63, 3.8) is 0 Å². The Morgan fingerprint density at radius 1 is 1.21 bits per heavy atom. The SMILES string of the molecule is COC(=O)c1ccc(C)c(NC(=O)CSCc2ccccc2F)c1. The molecule has 0 aliphatic rings. The highest BCUT2D eigenvalue weighted by molar-refractivity contribution is 7.99. The fraction of sp³-hybridized carbons (Fsp3) is 0.222. The molecule has 0 radical (unpaired) electrons. The largest absolute Gasteiger partial charge is 0.465 e. The maximum atomic E-state index is 13.5. The molecule has 0 heterocycles. The Bertz CT molecular complexity index is 749. The van der Waals surface area contributed by atoms with Gasteiger partial charge in [-0.1, -0.05) is 24.3 Å². The number of esters is 1. The number of halogens is 1. The van der Waals surface area contributed by atoms with E-state index in [1.807, 2.05) is 6.92 Å². The Balaban J connectivity index is 1.92. The van der Waals surface area contributed by atoms with E-state index in [2.05, 4.69) is 10.1 Å². The van der Waals surface area contributed by atoms with Gasteiger partial charge in [0.25, 0.3) is 0 Å². The van der Waals surface area contributed by atoms with E-state index in [-0.39, 0.29) is 17.5 Å². The predicted octanol–water partition coefficient (Wildman–Crippen LogP) is 3.79. The highest BCUT2D eigenvalue weighted by Crippen LogP contribution is 2.19. The minimum absolute atomic E-state index is 0.191. The molecule has 4 nitrogen and oxygen atoms in total. The van der Waals surface area contributed by atoms with Crippen LogP contribution in [0.3, 0.4) is 0 Å². The number of methoxy groups -OCH3 is 1. The summed E-state index contributed by atoms with van der Waals surface area (Å²) >= 11 is 1.33. The Morgan fingerprint density at radius 3 is 2.67 bits per heavy atom. The van der Waals surface area contributed by atoms with Crippen molar-refractivity contribution in [2.45, 2.75) is 12.7 Å². The molecule has 0 unspecified atom stereocenters. The van der Waals surface area contributed by atoms with E-state index in [4.69, 9.17) is 0 Å². The third kappa shape index (κ3) is 4.83. The van der Waals surface area contributed by atoms with Crippen LogP contribution in [0, 0.1) is 12.7 Å². The number of rotatable bonds is 6. The monoisotopic (exact) mass is 347 g/mol. The highest BCUT2D eigenvalue weighted by atomic mass is 32.2. The van der Waals surface area contributed by atoms with Crippen LogP contribution >= 0.6 is 11.8 Å². The molecule has 0 saturated carbocycles. The number of carbonyl (C=O) groups excluding carboxylic acids is 2. The molecule has 0 aliphatic heterocycles. The molecule has 0 bridgehead atoms. The summed E-state index contributed by atoms with van der Waals surface area (Å²) in [5.74, 6) is -0.328. The van der Waals surface area contributed by atoms with E-state index in [0.717, 1.165) is 5.56 Å². The molecule has 0 atom stereocenters. The zero-order valence-corrected chi connectivity index (χ0v) is 14.3. The second-order valence-electron chi connectivity index (χ2n) is 5.15. The Hall–Kier alpha value is -2.34. The molecule has 2 aromatic carbocycles. The van der Waals surface area contributed by atoms with Gasteiger partial charge in [-0.05, 0) is 36.2 Å². The number of benzene rings is 2. The number of amides is 1. The normalized spacial score (nSPS) is 10.3. The summed E-state index contributed by atoms with van der Waals surface area (Å²) < 4.78 is 18.2. The van der Waals surface area contributed by atoms with Crippen LogP contribution in [0.5, 0.6) is 0 Å². The first kappa shape index (κ1) is 18.0. The van der Waals surface area contributed by atoms with E-state index in [9.17, 15) is 14.0 Å². The molecule has 0 saturated heterocycles. The van der Waals surface area contributed by atoms with Gasteiger partial charge in [-0.2, -0.15) is 0 Å². The Morgan fingerprint density at radius 2 is 1.96 bits per heavy atom. The van der Waals surface area contributed by atoms with Gasteiger partial charge in [0, 0.05) is 11.4 Å². The van der Waals surface area contributed by atoms with E-state index < -0.39 is 5.97 Å². The molecule has 0 aromatic heterocycles. The fourth-order valence-electron chi connectivity index (χ4n) is 2.06. The first-order valence-electron chi connectivity index (χ1n) is 7.31. The van der Waals surface area contributed by atoms with Crippen LogP contribution in [-0.2, 0) is 15.3 Å². The minimum atomic E-state index is -0.459. The first-order valence-corrected chi connectivity index (χ1v) is 8.46. The van der Waals surface area contributed by atoms with E-state index in [1.165, 1.54) is 24.9 Å². The van der Waals surface area contributed by atoms with Gasteiger partial charge in [-0.3, -0.25) is 4.79 Å². The highest BCUT2D eigenvalue weighted by Gasteiger charge is 2.11. The quantitative estimate of drug-likeness (QED) is 0.808. The molecule has 2 rings (SSSR count). The molecule has 6 heteroatoms. The van der Waals surface area contributed by atoms with Crippen LogP contribution in [0.1, 0.15) is 21.5 Å². The van der Waals surface area contributed by atoms with Crippen LogP contribution in [0.15, 0.2) is 42.5 Å². The fourth-order valence-corrected chi connectivity index (χ4v) is 2.87. The van der Waals surface area contributed by atoms with Gasteiger partial charge in [0.05, 0.1) is 18.4 Å². The molecular weight excluding hydrogens is 329 g/mol. The van der Waals surface area contributed by atoms with Crippen LogP contribution < -0.4 is 5.32 Å². The molecular formula is C18H18FNO3S. The van der Waals surface area contributed by atoms with E-state index in [0.29, 0.717) is 22.6 Å². The lowest BCUT2D eigenvalue weighted by Crippen LogP contribution is -2.15. The summed E-state index contributed by atoms with van der Waals surface area (Å²) in [6.07, 6.45) is 0. The zero-order chi connectivity index (χ0) is 17.5. The van der Waals surface area contributed by atoms with Gasteiger partial charge in [-0.15, -0.1) is 11.8 Å². The standard InChI is InChI=1S/C18H18FNO3S/c1-12-7-8-13(18(22)23-2)9-16(12)20-17(21)11-24-10-14-5-3-4-6-15(14)19/h3-9H,10-11H2,1-2H3,(H,20,21). The number of nitrogens with one attached hydrogen (secondary N) is 1. The second kappa shape index (κ2) is 8.49. The van der Waals surface area contributed by atoms with Crippen molar-refractivity contribution in [1.82, 2.24) is 0 Å². The number of anilines is 1. The smallest absolute Gasteiger partial charge is 0.337 e. The maximum Gasteiger partial charge on any atom is 0.337 e. The Kier molecular flexibility index (Phi) is 6.37. The average Bonchev–Trinajstić information content (AvgIpc) is 2.58. The lowest BCUT2D eigenvalue weighted by molar-refractivity contribution is -0.113. The van der Waals surface area contributed by atoms with Crippen molar-refractivity contribution in [1.29, 1.82) is 0 Å². The second-order valence-corrected chi connectivity index (χ2v) is 6.14. The third-order valence-corrected chi connectivity index (χ3v) is 4.36. The van der Waals surface area contributed by atoms with Gasteiger partial charge in [-0.25, -0.2) is 9.18 Å². The summed E-state index contributed by atoms with van der Waals surface area (Å²) in [6, 6.07) is 11.5. The van der Waals surface area contributed by atoms with Crippen LogP contribution in [0.2, 0.25) is 0 Å². The summed E-state index contributed by atoms with van der Waals surface area (Å²) in [5.41, 5.74) is 2.35. The summed E-state index contributed by atoms with van der Waals surface area (Å²) in [6.45, 7) is 1.84. The summed E-state index contributed by atoms with van der Waals surface area (Å²) in [7, 11) is 1.31. The van der Waals surface area contributed by atoms with Crippen molar-refractivity contribution < 1.29 is 18.7 Å². The lowest BCUT2D eigenvalue weighted by Gasteiger charge is -2.10. The summed E-state index contributed by atoms with van der Waals surface area (Å²) in [4.78, 5) is 23.6. The molecule has 1 N–H and O–H groups in total. The summed E-state index contributed by atoms with van der Waals surface area (Å²) in [5, 5.41) is 2.77. The van der Waals surface area contributed by atoms with Crippen molar-refractivity contribution in [3.05, 3.63) is 65.0 Å². The molecule has 0 spiro atoms. The number of hydrogen-bond donors (Lipinski definition) is 1. The third-order valence-electron chi connectivity index (χ3n) is 3.38. The van der Waals surface area contributed by atoms with Crippen LogP contribution in [0.4, 0.5) is 10.1 Å². The Labute approximate surface area is 144 Å². The van der Waals surface area contributed by atoms with Gasteiger partial charge >= 0.3 is 5.97 Å². The van der Waals surface area contributed by atoms with Gasteiger partial charge < -0.3 is 10.1 Å². The molecule has 126 valence electrons. The van der Waals surface area contributed by atoms with Crippen molar-refractivity contribution in [2.24, 2.45) is 0 Å². The topological polar surface area (TPSA) is 55.4 Å². The molecule has 2 aromatic rings. The molecule has 0 aliphatic carbocycles. The maximum absolute atomic E-state index is 13.5. The minimum Gasteiger partial charge on any atom is -0.465 e. The number of thioether (sulfide) groups is 1. The van der Waals surface area contributed by atoms with Crippen molar-refractivity contribution in [3.8, 4) is 0 Å². The van der Waals surface area contributed by atoms with Crippen LogP contribution in [-0.4, -0.2) is 24.7 Å². The number of carbonyl (C=O) groups is 2. The van der Waals surface area contributed by atoms with Crippen molar-refractivity contribution in [2.75, 3.05) is 18.2 Å². The number of hydrogen-bond acceptors (Lipinski definition) is 4. The zero-order valence-electron chi connectivity index (χ0n) is 13.5. The van der Waals surface area contributed by atoms with Crippen LogP contribution in [0.25, 0.3) is 0 Å². The van der Waals surface area contributed by atoms with Gasteiger partial charge in [0.1, 0.15) is 5.82 Å². The van der Waals surface area contributed by atoms with Crippen molar-refractivity contribution >= 4 is 29.3 Å². The van der Waals surface area contributed by atoms with Gasteiger partial charge in [0.2, 0.25) is 5.91 Å².